The predicted molar refractivity (Wildman–Crippen MR) is 143 cm³/mol. The number of H-pyrrole nitrogens is 1. The van der Waals surface area contributed by atoms with Crippen molar-refractivity contribution in [3.63, 3.8) is 0 Å². The van der Waals surface area contributed by atoms with Gasteiger partial charge in [-0.3, -0.25) is 18.9 Å². The van der Waals surface area contributed by atoms with Gasteiger partial charge in [-0.15, -0.1) is 11.3 Å². The van der Waals surface area contributed by atoms with E-state index in [9.17, 15) is 14.4 Å². The Morgan fingerprint density at radius 1 is 0.947 bits per heavy atom. The van der Waals surface area contributed by atoms with Gasteiger partial charge >= 0.3 is 11.4 Å². The molecule has 0 fully saturated rings. The molecule has 0 atom stereocenters. The van der Waals surface area contributed by atoms with Gasteiger partial charge in [0.05, 0.1) is 11.9 Å². The molecule has 6 rings (SSSR count). The van der Waals surface area contributed by atoms with Crippen molar-refractivity contribution in [3.8, 4) is 28.3 Å². The van der Waals surface area contributed by atoms with E-state index < -0.39 is 17.0 Å². The minimum Gasteiger partial charge on any atom is -0.360 e. The molecular weight excluding hydrogens is 506 g/mol. The van der Waals surface area contributed by atoms with Gasteiger partial charge in [0.2, 0.25) is 0 Å². The monoisotopic (exact) mass is 527 g/mol. The van der Waals surface area contributed by atoms with Gasteiger partial charge in [0.15, 0.2) is 11.6 Å². The molecule has 38 heavy (non-hydrogen) atoms. The van der Waals surface area contributed by atoms with Gasteiger partial charge in [0, 0.05) is 16.5 Å². The molecule has 11 heteroatoms. The highest BCUT2D eigenvalue weighted by Crippen LogP contribution is 2.30. The van der Waals surface area contributed by atoms with Crippen molar-refractivity contribution in [2.45, 2.75) is 26.8 Å². The SMILES string of the molecule is CCc1cc2c(=O)n(-c3cc(C)on3)c(=O)n(Cc3ccc(-c4ccccc4-c4noc(=O)[nH]4)cc3)c2s1. The summed E-state index contributed by atoms with van der Waals surface area (Å²) >= 11 is 1.44. The van der Waals surface area contributed by atoms with E-state index in [0.717, 1.165) is 38.1 Å². The third-order valence-electron chi connectivity index (χ3n) is 6.29. The molecule has 2 aromatic carbocycles. The molecule has 190 valence electrons. The molecule has 6 aromatic rings. The van der Waals surface area contributed by atoms with E-state index in [4.69, 9.17) is 4.52 Å². The van der Waals surface area contributed by atoms with E-state index in [-0.39, 0.29) is 12.4 Å². The lowest BCUT2D eigenvalue weighted by atomic mass is 9.98. The average Bonchev–Trinajstić information content (AvgIpc) is 3.67. The maximum Gasteiger partial charge on any atom is 0.439 e. The standard InChI is InChI=1S/C27H21N5O5S/c1-3-18-13-21-24(33)32(22-12-15(2)36-29-22)27(35)31(25(21)38-18)14-16-8-10-17(11-9-16)19-6-4-5-7-20(19)23-28-26(34)37-30-23/h4-13H,3,14H2,1-2H3,(H,28,30,34). The maximum atomic E-state index is 13.6. The Morgan fingerprint density at radius 3 is 2.37 bits per heavy atom. The van der Waals surface area contributed by atoms with E-state index in [2.05, 4.69) is 19.8 Å². The Bertz CT molecular complexity index is 1970. The van der Waals surface area contributed by atoms with Crippen LogP contribution < -0.4 is 17.0 Å². The molecule has 0 aliphatic carbocycles. The van der Waals surface area contributed by atoms with Crippen LogP contribution in [-0.4, -0.2) is 24.4 Å². The molecule has 0 saturated carbocycles. The second-order valence-corrected chi connectivity index (χ2v) is 9.89. The van der Waals surface area contributed by atoms with E-state index in [0.29, 0.717) is 21.8 Å². The Balaban J connectivity index is 1.43. The maximum absolute atomic E-state index is 13.6. The van der Waals surface area contributed by atoms with Crippen molar-refractivity contribution in [1.82, 2.24) is 24.4 Å². The lowest BCUT2D eigenvalue weighted by Gasteiger charge is -2.12. The fourth-order valence-electron chi connectivity index (χ4n) is 4.43. The highest BCUT2D eigenvalue weighted by molar-refractivity contribution is 7.18. The number of aromatic amines is 1. The number of nitrogens with zero attached hydrogens (tertiary/aromatic N) is 4. The smallest absolute Gasteiger partial charge is 0.360 e. The van der Waals surface area contributed by atoms with E-state index in [1.54, 1.807) is 17.6 Å². The molecule has 0 spiro atoms. The van der Waals surface area contributed by atoms with Crippen LogP contribution in [0.3, 0.4) is 0 Å². The number of aryl methyl sites for hydroxylation is 2. The minimum atomic E-state index is -0.621. The number of hydrogen-bond acceptors (Lipinski definition) is 8. The Hall–Kier alpha value is -4.77. The second-order valence-electron chi connectivity index (χ2n) is 8.78. The molecule has 0 aliphatic rings. The molecule has 0 aliphatic heterocycles. The van der Waals surface area contributed by atoms with E-state index in [1.807, 2.05) is 61.5 Å². The molecule has 10 nitrogen and oxygen atoms in total. The second kappa shape index (κ2) is 9.27. The summed E-state index contributed by atoms with van der Waals surface area (Å²) in [6.07, 6.45) is 0.751. The van der Waals surface area contributed by atoms with Gasteiger partial charge in [-0.2, -0.15) is 0 Å². The van der Waals surface area contributed by atoms with Crippen LogP contribution in [0.2, 0.25) is 0 Å². The third kappa shape index (κ3) is 4.02. The summed E-state index contributed by atoms with van der Waals surface area (Å²) in [4.78, 5) is 42.6. The Morgan fingerprint density at radius 2 is 1.71 bits per heavy atom. The van der Waals surface area contributed by atoms with Crippen LogP contribution in [0.4, 0.5) is 0 Å². The minimum absolute atomic E-state index is 0.162. The molecule has 4 heterocycles. The molecule has 0 unspecified atom stereocenters. The van der Waals surface area contributed by atoms with Crippen LogP contribution in [0.25, 0.3) is 38.5 Å². The first-order chi connectivity index (χ1) is 18.4. The number of rotatable bonds is 6. The lowest BCUT2D eigenvalue weighted by Crippen LogP contribution is -2.38. The molecule has 0 radical (unpaired) electrons. The first-order valence-corrected chi connectivity index (χ1v) is 12.7. The number of thiophene rings is 1. The van der Waals surface area contributed by atoms with Gasteiger partial charge in [-0.05, 0) is 36.1 Å². The Kier molecular flexibility index (Phi) is 5.76. The number of fused-ring (bicyclic) bond motifs is 1. The Labute approximate surface area is 218 Å². The molecular formula is C27H21N5O5S. The number of nitrogens with one attached hydrogen (secondary N) is 1. The van der Waals surface area contributed by atoms with Crippen molar-refractivity contribution in [2.24, 2.45) is 0 Å². The van der Waals surface area contributed by atoms with Crippen LogP contribution in [-0.2, 0) is 13.0 Å². The predicted octanol–water partition coefficient (Wildman–Crippen LogP) is 4.13. The fraction of sp³-hybridized carbons (Fsp3) is 0.148. The van der Waals surface area contributed by atoms with Crippen molar-refractivity contribution in [3.05, 3.63) is 108 Å². The molecule has 0 bridgehead atoms. The zero-order valence-corrected chi connectivity index (χ0v) is 21.2. The summed E-state index contributed by atoms with van der Waals surface area (Å²) in [5.41, 5.74) is 2.47. The first-order valence-electron chi connectivity index (χ1n) is 11.9. The summed E-state index contributed by atoms with van der Waals surface area (Å²) in [5, 5.41) is 8.20. The average molecular weight is 528 g/mol. The number of hydrogen-bond donors (Lipinski definition) is 1. The topological polar surface area (TPSA) is 129 Å². The van der Waals surface area contributed by atoms with E-state index in [1.165, 1.54) is 11.3 Å². The van der Waals surface area contributed by atoms with Crippen LogP contribution in [0, 0.1) is 6.92 Å². The quantitative estimate of drug-likeness (QED) is 0.345. The van der Waals surface area contributed by atoms with Gasteiger partial charge in [-0.25, -0.2) is 14.2 Å². The van der Waals surface area contributed by atoms with Gasteiger partial charge in [-0.1, -0.05) is 65.8 Å². The highest BCUT2D eigenvalue weighted by atomic mass is 32.1. The summed E-state index contributed by atoms with van der Waals surface area (Å²) < 4.78 is 12.5. The lowest BCUT2D eigenvalue weighted by molar-refractivity contribution is 0.388. The summed E-state index contributed by atoms with van der Waals surface area (Å²) in [6.45, 7) is 3.98. The number of aromatic nitrogens is 5. The van der Waals surface area contributed by atoms with Crippen LogP contribution >= 0.6 is 11.3 Å². The third-order valence-corrected chi connectivity index (χ3v) is 7.59. The van der Waals surface area contributed by atoms with Gasteiger partial charge in [0.1, 0.15) is 10.6 Å². The zero-order valence-electron chi connectivity index (χ0n) is 20.4. The van der Waals surface area contributed by atoms with Crippen molar-refractivity contribution < 1.29 is 9.05 Å². The van der Waals surface area contributed by atoms with Gasteiger partial charge < -0.3 is 4.52 Å². The summed E-state index contributed by atoms with van der Waals surface area (Å²) in [6, 6.07) is 18.7. The van der Waals surface area contributed by atoms with Crippen molar-refractivity contribution in [2.75, 3.05) is 0 Å². The summed E-state index contributed by atoms with van der Waals surface area (Å²) in [5.74, 6) is 0.389. The zero-order chi connectivity index (χ0) is 26.4. The van der Waals surface area contributed by atoms with E-state index >= 15 is 0 Å². The van der Waals surface area contributed by atoms with Crippen molar-refractivity contribution in [1.29, 1.82) is 0 Å². The molecule has 1 N–H and O–H groups in total. The summed E-state index contributed by atoms with van der Waals surface area (Å²) in [7, 11) is 0. The molecule has 4 aromatic heterocycles. The largest absolute Gasteiger partial charge is 0.439 e. The van der Waals surface area contributed by atoms with Crippen LogP contribution in [0.15, 0.2) is 84.1 Å². The number of benzene rings is 2. The first kappa shape index (κ1) is 23.6. The van der Waals surface area contributed by atoms with Crippen LogP contribution in [0.1, 0.15) is 23.1 Å². The van der Waals surface area contributed by atoms with Gasteiger partial charge in [0.25, 0.3) is 5.56 Å². The normalized spacial score (nSPS) is 11.4. The molecule has 0 amide bonds. The highest BCUT2D eigenvalue weighted by Gasteiger charge is 2.20. The fourth-order valence-corrected chi connectivity index (χ4v) is 5.51. The van der Waals surface area contributed by atoms with Crippen molar-refractivity contribution >= 4 is 21.6 Å². The molecule has 0 saturated heterocycles. The van der Waals surface area contributed by atoms with Crippen LogP contribution in [0.5, 0.6) is 0 Å².